The van der Waals surface area contributed by atoms with E-state index in [9.17, 15) is 0 Å². The number of likely N-dealkylation sites (tertiary alicyclic amines) is 1. The molecule has 2 atom stereocenters. The third kappa shape index (κ3) is 5.61. The number of fused-ring (bicyclic) bond motifs is 1. The topological polar surface area (TPSA) is 16.8 Å². The quantitative estimate of drug-likeness (QED) is 0.295. The van der Waals surface area contributed by atoms with Crippen LogP contribution in [-0.4, -0.2) is 31.1 Å². The van der Waals surface area contributed by atoms with Crippen molar-refractivity contribution in [2.75, 3.05) is 26.2 Å². The third-order valence-corrected chi connectivity index (χ3v) is 8.25. The molecule has 0 bridgehead atoms. The number of piperidine rings is 1. The first kappa shape index (κ1) is 23.8. The van der Waals surface area contributed by atoms with E-state index in [-0.39, 0.29) is 0 Å². The van der Waals surface area contributed by atoms with Gasteiger partial charge in [0.25, 0.3) is 0 Å². The Labute approximate surface area is 201 Å². The Kier molecular flexibility index (Phi) is 8.10. The largest absolute Gasteiger partial charge is 0.494 e. The second-order valence-corrected chi connectivity index (χ2v) is 10.3. The van der Waals surface area contributed by atoms with E-state index in [1.54, 1.807) is 11.1 Å². The van der Waals surface area contributed by atoms with E-state index in [1.165, 1.54) is 58.0 Å². The maximum Gasteiger partial charge on any atom is 0.187 e. The zero-order valence-corrected chi connectivity index (χ0v) is 20.6. The third-order valence-electron chi connectivity index (χ3n) is 8.25. The molecule has 1 aliphatic carbocycles. The first-order valence-electron chi connectivity index (χ1n) is 13.1. The van der Waals surface area contributed by atoms with Gasteiger partial charge in [0.05, 0.1) is 13.2 Å². The Hall–Kier alpha value is -2.31. The van der Waals surface area contributed by atoms with Crippen LogP contribution < -0.4 is 4.74 Å². The van der Waals surface area contributed by atoms with Crippen LogP contribution in [0.4, 0.5) is 5.69 Å². The van der Waals surface area contributed by atoms with E-state index in [1.807, 2.05) is 24.3 Å². The summed E-state index contributed by atoms with van der Waals surface area (Å²) in [6.07, 6.45) is 10.3. The van der Waals surface area contributed by atoms with Gasteiger partial charge >= 0.3 is 0 Å². The van der Waals surface area contributed by atoms with Crippen molar-refractivity contribution in [2.24, 2.45) is 11.8 Å². The number of rotatable bonds is 9. The zero-order valence-electron chi connectivity index (χ0n) is 20.6. The van der Waals surface area contributed by atoms with Gasteiger partial charge in [0.2, 0.25) is 0 Å². The molecule has 2 aromatic carbocycles. The number of aryl methyl sites for hydroxylation is 1. The molecule has 3 nitrogen and oxygen atoms in total. The zero-order chi connectivity index (χ0) is 23.1. The summed E-state index contributed by atoms with van der Waals surface area (Å²) < 4.78 is 5.89. The fraction of sp³-hybridized carbons (Fsp3) is 0.567. The van der Waals surface area contributed by atoms with Crippen molar-refractivity contribution in [3.63, 3.8) is 0 Å². The highest BCUT2D eigenvalue weighted by Gasteiger charge is 2.44. The van der Waals surface area contributed by atoms with Crippen LogP contribution in [0.2, 0.25) is 0 Å². The van der Waals surface area contributed by atoms with Gasteiger partial charge in [-0.15, -0.1) is 0 Å². The van der Waals surface area contributed by atoms with Gasteiger partial charge in [-0.2, -0.15) is 0 Å². The van der Waals surface area contributed by atoms with Gasteiger partial charge in [0.15, 0.2) is 5.69 Å². The van der Waals surface area contributed by atoms with Crippen LogP contribution in [0.5, 0.6) is 5.75 Å². The maximum atomic E-state index is 7.04. The van der Waals surface area contributed by atoms with Crippen molar-refractivity contribution >= 4 is 5.69 Å². The molecule has 0 N–H and O–H groups in total. The lowest BCUT2D eigenvalue weighted by atomic mass is 9.57. The Morgan fingerprint density at radius 1 is 1.12 bits per heavy atom. The fourth-order valence-corrected chi connectivity index (χ4v) is 6.33. The van der Waals surface area contributed by atoms with E-state index in [4.69, 9.17) is 11.3 Å². The molecule has 0 saturated carbocycles. The van der Waals surface area contributed by atoms with Gasteiger partial charge in [0.1, 0.15) is 5.75 Å². The molecule has 1 heterocycles. The highest BCUT2D eigenvalue weighted by molar-refractivity contribution is 5.47. The molecule has 33 heavy (non-hydrogen) atoms. The average Bonchev–Trinajstić information content (AvgIpc) is 2.87. The number of hydrogen-bond acceptors (Lipinski definition) is 2. The lowest BCUT2D eigenvalue weighted by molar-refractivity contribution is 0.0936. The van der Waals surface area contributed by atoms with Gasteiger partial charge in [0, 0.05) is 6.54 Å². The first-order chi connectivity index (χ1) is 16.1. The monoisotopic (exact) mass is 444 g/mol. The second-order valence-electron chi connectivity index (χ2n) is 10.3. The molecular weight excluding hydrogens is 404 g/mol. The minimum Gasteiger partial charge on any atom is -0.494 e. The molecular formula is C30H40N2O. The normalized spacial score (nSPS) is 22.3. The van der Waals surface area contributed by atoms with E-state index in [0.717, 1.165) is 37.2 Å². The summed E-state index contributed by atoms with van der Waals surface area (Å²) in [5, 5.41) is 0. The number of nitrogens with zero attached hydrogens (tertiary/aromatic N) is 2. The Morgan fingerprint density at radius 2 is 1.88 bits per heavy atom. The molecule has 1 fully saturated rings. The molecule has 0 radical (unpaired) electrons. The molecule has 1 aliphatic heterocycles. The van der Waals surface area contributed by atoms with Crippen LogP contribution in [0.1, 0.15) is 69.9 Å². The summed E-state index contributed by atoms with van der Waals surface area (Å²) in [6, 6.07) is 16.8. The number of benzene rings is 2. The maximum absolute atomic E-state index is 7.04. The van der Waals surface area contributed by atoms with E-state index >= 15 is 0 Å². The van der Waals surface area contributed by atoms with Crippen molar-refractivity contribution in [3.8, 4) is 5.75 Å². The van der Waals surface area contributed by atoms with Crippen LogP contribution in [0.15, 0.2) is 48.5 Å². The summed E-state index contributed by atoms with van der Waals surface area (Å²) in [5.41, 5.74) is 4.36. The highest BCUT2D eigenvalue weighted by Crippen LogP contribution is 2.50. The molecule has 0 spiro atoms. The molecule has 4 rings (SSSR count). The summed E-state index contributed by atoms with van der Waals surface area (Å²) in [6.45, 7) is 16.2. The van der Waals surface area contributed by atoms with Crippen molar-refractivity contribution in [1.29, 1.82) is 0 Å². The minimum absolute atomic E-state index is 0.386. The average molecular weight is 445 g/mol. The number of hydrogen-bond donors (Lipinski definition) is 0. The second kappa shape index (κ2) is 11.2. The van der Waals surface area contributed by atoms with Gasteiger partial charge in [-0.1, -0.05) is 56.7 Å². The van der Waals surface area contributed by atoms with Crippen molar-refractivity contribution in [2.45, 2.75) is 70.6 Å². The van der Waals surface area contributed by atoms with E-state index in [2.05, 4.69) is 47.9 Å². The van der Waals surface area contributed by atoms with Crippen LogP contribution in [0.25, 0.3) is 4.85 Å². The first-order valence-corrected chi connectivity index (χ1v) is 13.1. The molecule has 2 aliphatic rings. The predicted octanol–water partition coefficient (Wildman–Crippen LogP) is 7.43. The van der Waals surface area contributed by atoms with Gasteiger partial charge in [-0.25, -0.2) is 4.85 Å². The predicted molar refractivity (Wildman–Crippen MR) is 137 cm³/mol. The lowest BCUT2D eigenvalue weighted by Gasteiger charge is -2.49. The highest BCUT2D eigenvalue weighted by atomic mass is 16.5. The Bertz CT molecular complexity index is 923. The number of ether oxygens (including phenoxy) is 1. The van der Waals surface area contributed by atoms with Crippen molar-refractivity contribution in [1.82, 2.24) is 4.90 Å². The molecule has 2 unspecified atom stereocenters. The summed E-state index contributed by atoms with van der Waals surface area (Å²) >= 11 is 0. The SMILES string of the molecule is [C-]#[N+]c1ccc(OCCCN2CCC(C3(CC(C)CC)CCCc4ccccc43)CC2)cc1. The van der Waals surface area contributed by atoms with E-state index < -0.39 is 0 Å². The molecule has 176 valence electrons. The van der Waals surface area contributed by atoms with E-state index in [0.29, 0.717) is 11.1 Å². The lowest BCUT2D eigenvalue weighted by Crippen LogP contribution is -2.46. The van der Waals surface area contributed by atoms with Gasteiger partial charge in [-0.3, -0.25) is 0 Å². The minimum atomic E-state index is 0.386. The molecule has 2 aromatic rings. The summed E-state index contributed by atoms with van der Waals surface area (Å²) in [5.74, 6) is 2.46. The summed E-state index contributed by atoms with van der Waals surface area (Å²) in [7, 11) is 0. The standard InChI is InChI=1S/C30H40N2O/c1-4-24(2)23-30(18-7-10-25-9-5-6-11-29(25)30)26-16-20-32(21-17-26)19-8-22-33-28-14-12-27(31-3)13-15-28/h5-6,9,11-15,24,26H,4,7-8,10,16-23H2,1-2H3. The summed E-state index contributed by atoms with van der Waals surface area (Å²) in [4.78, 5) is 6.08. The fourth-order valence-electron chi connectivity index (χ4n) is 6.33. The molecule has 3 heteroatoms. The van der Waals surface area contributed by atoms with Gasteiger partial charge in [-0.05, 0) is 98.5 Å². The Balaban J connectivity index is 1.32. The molecule has 1 saturated heterocycles. The van der Waals surface area contributed by atoms with Crippen LogP contribution in [-0.2, 0) is 11.8 Å². The molecule has 0 aromatic heterocycles. The molecule has 0 amide bonds. The van der Waals surface area contributed by atoms with Crippen molar-refractivity contribution in [3.05, 3.63) is 71.1 Å². The smallest absolute Gasteiger partial charge is 0.187 e. The van der Waals surface area contributed by atoms with Crippen molar-refractivity contribution < 1.29 is 4.74 Å². The van der Waals surface area contributed by atoms with Crippen LogP contribution >= 0.6 is 0 Å². The van der Waals surface area contributed by atoms with Crippen LogP contribution in [0, 0.1) is 18.4 Å². The van der Waals surface area contributed by atoms with Gasteiger partial charge < -0.3 is 9.64 Å². The Morgan fingerprint density at radius 3 is 2.61 bits per heavy atom. The van der Waals surface area contributed by atoms with Crippen LogP contribution in [0.3, 0.4) is 0 Å².